The van der Waals surface area contributed by atoms with Gasteiger partial charge >= 0.3 is 0 Å². The molecule has 0 aliphatic carbocycles. The molecule has 1 atom stereocenters. The molecule has 1 unspecified atom stereocenters. The molecule has 156 valence electrons. The molecule has 1 N–H and O–H groups in total. The van der Waals surface area contributed by atoms with Crippen LogP contribution >= 0.6 is 0 Å². The number of amides is 1. The van der Waals surface area contributed by atoms with Gasteiger partial charge in [-0.1, -0.05) is 12.1 Å². The topological polar surface area (TPSA) is 79.7 Å². The van der Waals surface area contributed by atoms with Crippen molar-refractivity contribution in [2.75, 3.05) is 12.0 Å². The van der Waals surface area contributed by atoms with E-state index in [-0.39, 0.29) is 16.9 Å². The molecular formula is C24H19FN2O4. The number of benzene rings is 2. The van der Waals surface area contributed by atoms with Crippen molar-refractivity contribution >= 4 is 23.1 Å². The Morgan fingerprint density at radius 2 is 1.90 bits per heavy atom. The third-order valence-corrected chi connectivity index (χ3v) is 5.18. The second kappa shape index (κ2) is 8.02. The second-order valence-electron chi connectivity index (χ2n) is 7.09. The number of halogens is 1. The summed E-state index contributed by atoms with van der Waals surface area (Å²) in [6.45, 7) is 1.55. The normalized spacial score (nSPS) is 17.8. The lowest BCUT2D eigenvalue weighted by Gasteiger charge is -2.24. The minimum Gasteiger partial charge on any atom is -0.507 e. The van der Waals surface area contributed by atoms with Crippen LogP contribution in [-0.4, -0.2) is 28.9 Å². The summed E-state index contributed by atoms with van der Waals surface area (Å²) in [6.07, 6.45) is 1.54. The van der Waals surface area contributed by atoms with Crippen molar-refractivity contribution in [3.63, 3.8) is 0 Å². The third-order valence-electron chi connectivity index (χ3n) is 5.18. The van der Waals surface area contributed by atoms with E-state index in [2.05, 4.69) is 4.98 Å². The average Bonchev–Trinajstić information content (AvgIpc) is 3.06. The summed E-state index contributed by atoms with van der Waals surface area (Å²) in [5.41, 5.74) is 1.26. The molecule has 2 aromatic carbocycles. The van der Waals surface area contributed by atoms with Crippen LogP contribution in [0.2, 0.25) is 0 Å². The zero-order chi connectivity index (χ0) is 22.1. The Morgan fingerprint density at radius 1 is 1.10 bits per heavy atom. The Kier molecular flexibility index (Phi) is 5.25. The number of methoxy groups -OCH3 is 1. The van der Waals surface area contributed by atoms with Gasteiger partial charge in [-0.2, -0.15) is 0 Å². The van der Waals surface area contributed by atoms with Gasteiger partial charge in [0.25, 0.3) is 11.7 Å². The molecular weight excluding hydrogens is 399 g/mol. The Labute approximate surface area is 178 Å². The van der Waals surface area contributed by atoms with Gasteiger partial charge in [-0.15, -0.1) is 0 Å². The van der Waals surface area contributed by atoms with Crippen LogP contribution in [0.5, 0.6) is 5.75 Å². The van der Waals surface area contributed by atoms with Gasteiger partial charge in [-0.05, 0) is 55.0 Å². The summed E-state index contributed by atoms with van der Waals surface area (Å²) >= 11 is 0. The molecule has 1 aliphatic rings. The van der Waals surface area contributed by atoms with Crippen LogP contribution in [0, 0.1) is 12.7 Å². The first-order valence-corrected chi connectivity index (χ1v) is 9.55. The van der Waals surface area contributed by atoms with E-state index in [1.807, 2.05) is 0 Å². The van der Waals surface area contributed by atoms with Gasteiger partial charge in [0.2, 0.25) is 0 Å². The number of Topliss-reactive ketones (excluding diaryl/α,β-unsaturated/α-hetero) is 1. The fourth-order valence-electron chi connectivity index (χ4n) is 3.62. The summed E-state index contributed by atoms with van der Waals surface area (Å²) in [7, 11) is 1.50. The van der Waals surface area contributed by atoms with Crippen LogP contribution < -0.4 is 9.64 Å². The van der Waals surface area contributed by atoms with E-state index in [9.17, 15) is 19.1 Å². The first kappa shape index (κ1) is 20.3. The van der Waals surface area contributed by atoms with Crippen LogP contribution in [-0.2, 0) is 9.59 Å². The molecule has 0 saturated carbocycles. The average molecular weight is 418 g/mol. The lowest BCUT2D eigenvalue weighted by molar-refractivity contribution is -0.132. The second-order valence-corrected chi connectivity index (χ2v) is 7.09. The molecule has 4 rings (SSSR count). The molecule has 1 saturated heterocycles. The van der Waals surface area contributed by atoms with Gasteiger partial charge in [-0.3, -0.25) is 19.5 Å². The fraction of sp³-hybridized carbons (Fsp3) is 0.125. The highest BCUT2D eigenvalue weighted by molar-refractivity contribution is 6.51. The predicted octanol–water partition coefficient (Wildman–Crippen LogP) is 4.16. The van der Waals surface area contributed by atoms with Gasteiger partial charge in [0.05, 0.1) is 18.4 Å². The number of hydrogen-bond acceptors (Lipinski definition) is 5. The summed E-state index contributed by atoms with van der Waals surface area (Å²) in [6, 6.07) is 14.9. The minimum absolute atomic E-state index is 0.113. The summed E-state index contributed by atoms with van der Waals surface area (Å²) in [5, 5.41) is 11.0. The van der Waals surface area contributed by atoms with Gasteiger partial charge in [0.1, 0.15) is 23.4 Å². The number of ketones is 1. The number of ether oxygens (including phenoxy) is 1. The van der Waals surface area contributed by atoms with Crippen molar-refractivity contribution in [3.8, 4) is 5.75 Å². The molecule has 0 radical (unpaired) electrons. The monoisotopic (exact) mass is 418 g/mol. The lowest BCUT2D eigenvalue weighted by atomic mass is 9.97. The zero-order valence-corrected chi connectivity index (χ0v) is 16.9. The maximum Gasteiger partial charge on any atom is 0.300 e. The Morgan fingerprint density at radius 3 is 2.58 bits per heavy atom. The summed E-state index contributed by atoms with van der Waals surface area (Å²) < 4.78 is 19.0. The highest BCUT2D eigenvalue weighted by atomic mass is 19.1. The van der Waals surface area contributed by atoms with Crippen molar-refractivity contribution in [2.24, 2.45) is 0 Å². The number of aromatic nitrogens is 1. The SMILES string of the molecule is COc1cccc(N2C(=O)C(=O)/C(=C(/O)c3ccc(F)c(C)c3)C2c2ccccn2)c1. The molecule has 1 fully saturated rings. The molecule has 1 aliphatic heterocycles. The van der Waals surface area contributed by atoms with E-state index in [0.29, 0.717) is 22.7 Å². The van der Waals surface area contributed by atoms with E-state index in [1.165, 1.54) is 30.2 Å². The van der Waals surface area contributed by atoms with E-state index in [1.54, 1.807) is 55.6 Å². The maximum absolute atomic E-state index is 13.7. The van der Waals surface area contributed by atoms with Crippen LogP contribution in [0.25, 0.3) is 5.76 Å². The number of pyridine rings is 1. The Hall–Kier alpha value is -4.00. The molecule has 31 heavy (non-hydrogen) atoms. The number of anilines is 1. The molecule has 1 amide bonds. The number of aliphatic hydroxyl groups is 1. The highest BCUT2D eigenvalue weighted by Crippen LogP contribution is 2.42. The van der Waals surface area contributed by atoms with E-state index in [4.69, 9.17) is 4.74 Å². The molecule has 0 bridgehead atoms. The smallest absolute Gasteiger partial charge is 0.300 e. The lowest BCUT2D eigenvalue weighted by Crippen LogP contribution is -2.29. The highest BCUT2D eigenvalue weighted by Gasteiger charge is 2.47. The number of hydrogen-bond donors (Lipinski definition) is 1. The summed E-state index contributed by atoms with van der Waals surface area (Å²) in [4.78, 5) is 31.7. The molecule has 0 spiro atoms. The van der Waals surface area contributed by atoms with Gasteiger partial charge in [0.15, 0.2) is 0 Å². The van der Waals surface area contributed by atoms with Crippen LogP contribution in [0.15, 0.2) is 72.4 Å². The van der Waals surface area contributed by atoms with Crippen LogP contribution in [0.1, 0.15) is 22.9 Å². The zero-order valence-electron chi connectivity index (χ0n) is 16.9. The van der Waals surface area contributed by atoms with Gasteiger partial charge < -0.3 is 9.84 Å². The van der Waals surface area contributed by atoms with Gasteiger partial charge in [-0.25, -0.2) is 4.39 Å². The van der Waals surface area contributed by atoms with Crippen LogP contribution in [0.3, 0.4) is 0 Å². The number of aryl methyl sites for hydroxylation is 1. The maximum atomic E-state index is 13.7. The Balaban J connectivity index is 1.94. The number of rotatable bonds is 4. The molecule has 2 heterocycles. The van der Waals surface area contributed by atoms with Crippen molar-refractivity contribution in [1.82, 2.24) is 4.98 Å². The number of carbonyl (C=O) groups is 2. The number of nitrogens with zero attached hydrogens (tertiary/aromatic N) is 2. The number of aliphatic hydroxyl groups excluding tert-OH is 1. The minimum atomic E-state index is -0.960. The molecule has 1 aromatic heterocycles. The van der Waals surface area contributed by atoms with Crippen molar-refractivity contribution in [2.45, 2.75) is 13.0 Å². The van der Waals surface area contributed by atoms with Crippen LogP contribution in [0.4, 0.5) is 10.1 Å². The van der Waals surface area contributed by atoms with E-state index >= 15 is 0 Å². The Bertz CT molecular complexity index is 1210. The quantitative estimate of drug-likeness (QED) is 0.391. The van der Waals surface area contributed by atoms with E-state index in [0.717, 1.165) is 0 Å². The first-order valence-electron chi connectivity index (χ1n) is 9.55. The van der Waals surface area contributed by atoms with Gasteiger partial charge in [0, 0.05) is 23.5 Å². The predicted molar refractivity (Wildman–Crippen MR) is 113 cm³/mol. The standard InChI is InChI=1S/C24H19FN2O4/c1-14-12-15(9-10-18(14)25)22(28)20-21(19-8-3-4-11-26-19)27(24(30)23(20)29)16-6-5-7-17(13-16)31-2/h3-13,21,28H,1-2H3/b22-20+. The first-order chi connectivity index (χ1) is 14.9. The molecule has 3 aromatic rings. The molecule has 7 heteroatoms. The van der Waals surface area contributed by atoms with Crippen molar-refractivity contribution in [1.29, 1.82) is 0 Å². The molecule has 6 nitrogen and oxygen atoms in total. The van der Waals surface area contributed by atoms with Crippen molar-refractivity contribution < 1.29 is 23.8 Å². The number of carbonyl (C=O) groups excluding carboxylic acids is 2. The fourth-order valence-corrected chi connectivity index (χ4v) is 3.62. The third kappa shape index (κ3) is 3.54. The largest absolute Gasteiger partial charge is 0.507 e. The van der Waals surface area contributed by atoms with E-state index < -0.39 is 23.5 Å². The van der Waals surface area contributed by atoms with Crippen molar-refractivity contribution in [3.05, 3.63) is 95.1 Å². The summed E-state index contributed by atoms with van der Waals surface area (Å²) in [5.74, 6) is -1.97.